The monoisotopic (exact) mass is 451 g/mol. The number of fused-ring (bicyclic) bond motifs is 1. The molecule has 7 nitrogen and oxygen atoms in total. The van der Waals surface area contributed by atoms with Gasteiger partial charge in [0, 0.05) is 47.8 Å². The summed E-state index contributed by atoms with van der Waals surface area (Å²) in [7, 11) is 0. The van der Waals surface area contributed by atoms with Gasteiger partial charge in [0.1, 0.15) is 5.01 Å². The first-order valence-electron chi connectivity index (χ1n) is 11.7. The normalized spacial score (nSPS) is 30.1. The van der Waals surface area contributed by atoms with Crippen molar-refractivity contribution in [2.24, 2.45) is 11.7 Å². The standard InChI is InChI=1S/C16H16N4O2S.C8H13N/c17-15(21)14-12-3-1-10(16-18-6-8-23-16)2-4-13(12)20(19-14)11-5-7-22-9-11;1-3-8-4-6-9(8)5-2-7(1)8/h1-3,6,8,11H,4-5,7,9H2,(H2,17,21);7H,1-6H2. The molecule has 3 unspecified atom stereocenters. The molecular weight excluding hydrogens is 422 g/mol. The Morgan fingerprint density at radius 3 is 2.75 bits per heavy atom. The van der Waals surface area contributed by atoms with E-state index in [1.807, 2.05) is 22.2 Å². The van der Waals surface area contributed by atoms with Crippen LogP contribution in [0, 0.1) is 5.92 Å². The van der Waals surface area contributed by atoms with Gasteiger partial charge in [0.15, 0.2) is 5.69 Å². The van der Waals surface area contributed by atoms with Crippen LogP contribution in [0.2, 0.25) is 0 Å². The van der Waals surface area contributed by atoms with Crippen molar-refractivity contribution in [1.82, 2.24) is 19.7 Å². The van der Waals surface area contributed by atoms with Gasteiger partial charge in [-0.2, -0.15) is 5.10 Å². The van der Waals surface area contributed by atoms with Crippen LogP contribution in [0.25, 0.3) is 11.6 Å². The van der Waals surface area contributed by atoms with Crippen molar-refractivity contribution in [2.45, 2.75) is 50.1 Å². The fourth-order valence-electron chi connectivity index (χ4n) is 6.08. The Labute approximate surface area is 191 Å². The minimum Gasteiger partial charge on any atom is -0.379 e. The summed E-state index contributed by atoms with van der Waals surface area (Å²) < 4.78 is 7.39. The van der Waals surface area contributed by atoms with Gasteiger partial charge in [-0.15, -0.1) is 11.3 Å². The number of nitrogens with zero attached hydrogens (tertiary/aromatic N) is 4. The van der Waals surface area contributed by atoms with Crippen LogP contribution in [0.15, 0.2) is 23.7 Å². The van der Waals surface area contributed by atoms with Crippen LogP contribution in [0.3, 0.4) is 0 Å². The number of ether oxygens (including phenoxy) is 1. The highest BCUT2D eigenvalue weighted by molar-refractivity contribution is 7.10. The number of aromatic nitrogens is 3. The number of amides is 1. The summed E-state index contributed by atoms with van der Waals surface area (Å²) in [6, 6.07) is 0.167. The molecule has 7 rings (SSSR count). The summed E-state index contributed by atoms with van der Waals surface area (Å²) in [5, 5.41) is 7.39. The Morgan fingerprint density at radius 2 is 2.16 bits per heavy atom. The number of thiazole rings is 1. The highest BCUT2D eigenvalue weighted by Crippen LogP contribution is 2.57. The van der Waals surface area contributed by atoms with Crippen molar-refractivity contribution < 1.29 is 9.53 Å². The van der Waals surface area contributed by atoms with Crippen LogP contribution in [0.4, 0.5) is 0 Å². The Balaban J connectivity index is 0.000000178. The molecular formula is C24H29N5O2S. The lowest BCUT2D eigenvalue weighted by molar-refractivity contribution is -0.0659. The number of carbonyl (C=O) groups is 1. The molecule has 8 heteroatoms. The molecule has 0 aromatic carbocycles. The Bertz CT molecular complexity index is 1060. The van der Waals surface area contributed by atoms with E-state index < -0.39 is 5.91 Å². The first-order chi connectivity index (χ1) is 15.7. The lowest BCUT2D eigenvalue weighted by atomic mass is 9.62. The Kier molecular flexibility index (Phi) is 5.04. The number of hydrogen-bond acceptors (Lipinski definition) is 6. The lowest BCUT2D eigenvalue weighted by Gasteiger charge is -2.58. The third-order valence-electron chi connectivity index (χ3n) is 8.04. The molecule has 0 bridgehead atoms. The van der Waals surface area contributed by atoms with E-state index in [2.05, 4.69) is 21.1 Å². The lowest BCUT2D eigenvalue weighted by Crippen LogP contribution is -2.63. The average Bonchev–Trinajstić information content (AvgIpc) is 3.51. The first kappa shape index (κ1) is 20.3. The van der Waals surface area contributed by atoms with Crippen LogP contribution in [-0.2, 0) is 11.2 Å². The van der Waals surface area contributed by atoms with E-state index in [0.29, 0.717) is 18.7 Å². The number of hydrogen-bond donors (Lipinski definition) is 1. The van der Waals surface area contributed by atoms with Crippen LogP contribution < -0.4 is 5.73 Å². The van der Waals surface area contributed by atoms with Gasteiger partial charge in [-0.1, -0.05) is 18.2 Å². The quantitative estimate of drug-likeness (QED) is 0.774. The molecule has 1 amide bonds. The van der Waals surface area contributed by atoms with Gasteiger partial charge in [-0.05, 0) is 44.6 Å². The maximum Gasteiger partial charge on any atom is 0.269 e. The molecule has 1 spiro atoms. The predicted molar refractivity (Wildman–Crippen MR) is 124 cm³/mol. The maximum atomic E-state index is 11.8. The molecule has 5 heterocycles. The fraction of sp³-hybridized carbons (Fsp3) is 0.542. The second-order valence-corrected chi connectivity index (χ2v) is 10.3. The van der Waals surface area contributed by atoms with E-state index in [1.54, 1.807) is 17.5 Å². The fourth-order valence-corrected chi connectivity index (χ4v) is 6.74. The van der Waals surface area contributed by atoms with Crippen molar-refractivity contribution in [3.05, 3.63) is 45.7 Å². The SMILES string of the molecule is C1CN2CCC23CCC13.NC(=O)c1nn(C2CCOC2)c2c1C=CC(c1nccs1)=CC2. The Hall–Kier alpha value is -2.29. The summed E-state index contributed by atoms with van der Waals surface area (Å²) in [5.74, 6) is 0.632. The third kappa shape index (κ3) is 3.19. The largest absolute Gasteiger partial charge is 0.379 e. The molecule has 2 aromatic rings. The molecule has 0 radical (unpaired) electrons. The summed E-state index contributed by atoms with van der Waals surface area (Å²) in [6.45, 7) is 4.18. The van der Waals surface area contributed by atoms with E-state index in [1.165, 1.54) is 38.8 Å². The molecule has 168 valence electrons. The smallest absolute Gasteiger partial charge is 0.269 e. The average molecular weight is 452 g/mol. The van der Waals surface area contributed by atoms with Gasteiger partial charge < -0.3 is 10.5 Å². The molecule has 1 saturated carbocycles. The first-order valence-corrected chi connectivity index (χ1v) is 12.6. The molecule has 2 aromatic heterocycles. The maximum absolute atomic E-state index is 11.8. The van der Waals surface area contributed by atoms with Crippen LogP contribution in [0.5, 0.6) is 0 Å². The second kappa shape index (κ2) is 7.93. The van der Waals surface area contributed by atoms with Gasteiger partial charge in [0.2, 0.25) is 0 Å². The molecule has 2 N–H and O–H groups in total. The molecule has 3 saturated heterocycles. The molecule has 3 aliphatic heterocycles. The van der Waals surface area contributed by atoms with Gasteiger partial charge in [0.05, 0.1) is 18.3 Å². The molecule has 4 fully saturated rings. The van der Waals surface area contributed by atoms with Crippen molar-refractivity contribution in [2.75, 3.05) is 26.3 Å². The molecule has 2 aliphatic carbocycles. The zero-order valence-corrected chi connectivity index (χ0v) is 19.0. The zero-order chi connectivity index (χ0) is 21.7. The number of rotatable bonds is 3. The number of primary amides is 1. The summed E-state index contributed by atoms with van der Waals surface area (Å²) in [5.41, 5.74) is 9.54. The van der Waals surface area contributed by atoms with E-state index in [-0.39, 0.29) is 6.04 Å². The van der Waals surface area contributed by atoms with E-state index in [9.17, 15) is 4.79 Å². The second-order valence-electron chi connectivity index (χ2n) is 9.43. The third-order valence-corrected chi connectivity index (χ3v) is 8.86. The van der Waals surface area contributed by atoms with Crippen LogP contribution in [0.1, 0.15) is 64.9 Å². The highest BCUT2D eigenvalue weighted by Gasteiger charge is 2.59. The number of nitrogens with two attached hydrogens (primary N) is 1. The van der Waals surface area contributed by atoms with Crippen molar-refractivity contribution in [3.63, 3.8) is 0 Å². The zero-order valence-electron chi connectivity index (χ0n) is 18.2. The van der Waals surface area contributed by atoms with Crippen LogP contribution in [-0.4, -0.2) is 57.4 Å². The van der Waals surface area contributed by atoms with Crippen LogP contribution >= 0.6 is 11.3 Å². The van der Waals surface area contributed by atoms with Crippen molar-refractivity contribution in [1.29, 1.82) is 0 Å². The number of carbonyl (C=O) groups excluding carboxylic acids is 1. The predicted octanol–water partition coefficient (Wildman–Crippen LogP) is 3.30. The van der Waals surface area contributed by atoms with E-state index in [0.717, 1.165) is 46.3 Å². The number of allylic oxidation sites excluding steroid dienone is 3. The minimum atomic E-state index is -0.499. The summed E-state index contributed by atoms with van der Waals surface area (Å²) in [6.07, 6.45) is 15.5. The molecule has 3 atom stereocenters. The summed E-state index contributed by atoms with van der Waals surface area (Å²) in [4.78, 5) is 18.8. The van der Waals surface area contributed by atoms with E-state index >= 15 is 0 Å². The molecule has 5 aliphatic rings. The summed E-state index contributed by atoms with van der Waals surface area (Å²) >= 11 is 1.60. The van der Waals surface area contributed by atoms with Gasteiger partial charge in [-0.25, -0.2) is 4.98 Å². The van der Waals surface area contributed by atoms with Gasteiger partial charge in [0.25, 0.3) is 5.91 Å². The Morgan fingerprint density at radius 1 is 1.22 bits per heavy atom. The van der Waals surface area contributed by atoms with Crippen molar-refractivity contribution in [3.8, 4) is 0 Å². The van der Waals surface area contributed by atoms with Crippen molar-refractivity contribution >= 4 is 28.9 Å². The van der Waals surface area contributed by atoms with Gasteiger partial charge in [-0.3, -0.25) is 14.4 Å². The minimum absolute atomic E-state index is 0.167. The highest BCUT2D eigenvalue weighted by atomic mass is 32.1. The van der Waals surface area contributed by atoms with E-state index in [4.69, 9.17) is 10.5 Å². The topological polar surface area (TPSA) is 86.3 Å². The van der Waals surface area contributed by atoms with Gasteiger partial charge >= 0.3 is 0 Å². The molecule has 32 heavy (non-hydrogen) atoms.